The van der Waals surface area contributed by atoms with Crippen molar-refractivity contribution in [2.75, 3.05) is 13.2 Å². The first-order chi connectivity index (χ1) is 14.2. The molecule has 2 aromatic carbocycles. The van der Waals surface area contributed by atoms with E-state index in [1.807, 2.05) is 48.5 Å². The van der Waals surface area contributed by atoms with E-state index in [1.165, 1.54) is 0 Å². The number of amides is 3. The van der Waals surface area contributed by atoms with Crippen LogP contribution in [0.5, 0.6) is 5.75 Å². The normalized spacial score (nSPS) is 10.6. The van der Waals surface area contributed by atoms with E-state index < -0.39 is 23.5 Å². The minimum Gasteiger partial charge on any atom is -0.483 e. The molecule has 0 saturated heterocycles. The minimum atomic E-state index is -0.612. The van der Waals surface area contributed by atoms with E-state index in [0.717, 1.165) is 11.1 Å². The molecule has 0 atom stereocenters. The second-order valence-electron chi connectivity index (χ2n) is 7.43. The number of hydrogen-bond donors (Lipinski definition) is 3. The predicted octanol–water partition coefficient (Wildman–Crippen LogP) is 2.79. The molecule has 0 radical (unpaired) electrons. The lowest BCUT2D eigenvalue weighted by atomic mass is 10.1. The zero-order valence-corrected chi connectivity index (χ0v) is 17.4. The zero-order valence-electron chi connectivity index (χ0n) is 17.4. The van der Waals surface area contributed by atoms with Crippen molar-refractivity contribution in [3.63, 3.8) is 0 Å². The molecule has 0 aliphatic carbocycles. The Balaban J connectivity index is 1.72. The summed E-state index contributed by atoms with van der Waals surface area (Å²) in [4.78, 5) is 35.2. The van der Waals surface area contributed by atoms with E-state index >= 15 is 0 Å². The van der Waals surface area contributed by atoms with Crippen molar-refractivity contribution in [3.8, 4) is 16.9 Å². The molecule has 3 N–H and O–H groups in total. The van der Waals surface area contributed by atoms with Gasteiger partial charge in [-0.15, -0.1) is 0 Å². The molecule has 8 heteroatoms. The van der Waals surface area contributed by atoms with Gasteiger partial charge in [0.15, 0.2) is 6.61 Å². The number of para-hydroxylation sites is 1. The number of hydrogen-bond acceptors (Lipinski definition) is 5. The van der Waals surface area contributed by atoms with Crippen LogP contribution in [0.25, 0.3) is 11.1 Å². The highest BCUT2D eigenvalue weighted by Gasteiger charge is 2.16. The molecule has 2 aromatic rings. The van der Waals surface area contributed by atoms with Crippen LogP contribution in [0, 0.1) is 0 Å². The first-order valence-electron chi connectivity index (χ1n) is 9.56. The Hall–Kier alpha value is -3.55. The van der Waals surface area contributed by atoms with Crippen LogP contribution in [0.15, 0.2) is 54.6 Å². The summed E-state index contributed by atoms with van der Waals surface area (Å²) < 4.78 is 10.7. The molecule has 0 fully saturated rings. The van der Waals surface area contributed by atoms with Gasteiger partial charge in [-0.05, 0) is 32.4 Å². The number of hydrazine groups is 1. The third kappa shape index (κ3) is 8.22. The minimum absolute atomic E-state index is 0.0166. The van der Waals surface area contributed by atoms with E-state index in [1.54, 1.807) is 26.8 Å². The molecule has 0 heterocycles. The summed E-state index contributed by atoms with van der Waals surface area (Å²) in [6.45, 7) is 5.05. The second-order valence-corrected chi connectivity index (χ2v) is 7.43. The van der Waals surface area contributed by atoms with E-state index in [9.17, 15) is 14.4 Å². The lowest BCUT2D eigenvalue weighted by molar-refractivity contribution is -0.129. The highest BCUT2D eigenvalue weighted by Crippen LogP contribution is 2.29. The Morgan fingerprint density at radius 3 is 2.20 bits per heavy atom. The van der Waals surface area contributed by atoms with E-state index in [4.69, 9.17) is 9.47 Å². The lowest BCUT2D eigenvalue weighted by Crippen LogP contribution is -2.45. The Labute approximate surface area is 175 Å². The number of ether oxygens (including phenoxy) is 2. The molecule has 0 spiro atoms. The van der Waals surface area contributed by atoms with Gasteiger partial charge in [0.05, 0.1) is 0 Å². The fourth-order valence-corrected chi connectivity index (χ4v) is 2.42. The standard InChI is InChI=1S/C22H27N3O5/c1-22(2,3)30-21(28)23-14-13-19(26)24-25-20(27)15-29-18-12-8-7-11-17(18)16-9-5-4-6-10-16/h4-12H,13-15H2,1-3H3,(H,23,28)(H,24,26)(H,25,27). The summed E-state index contributed by atoms with van der Waals surface area (Å²) in [5, 5.41) is 2.47. The van der Waals surface area contributed by atoms with Gasteiger partial charge in [-0.25, -0.2) is 4.79 Å². The van der Waals surface area contributed by atoms with Crippen LogP contribution < -0.4 is 20.9 Å². The first kappa shape index (κ1) is 22.7. The quantitative estimate of drug-likeness (QED) is 0.606. The third-order valence-electron chi connectivity index (χ3n) is 3.69. The number of nitrogens with one attached hydrogen (secondary N) is 3. The Bertz CT molecular complexity index is 863. The van der Waals surface area contributed by atoms with Crippen molar-refractivity contribution >= 4 is 17.9 Å². The van der Waals surface area contributed by atoms with Crippen LogP contribution >= 0.6 is 0 Å². The zero-order chi connectivity index (χ0) is 22.0. The van der Waals surface area contributed by atoms with Gasteiger partial charge in [0.25, 0.3) is 5.91 Å². The molecule has 0 bridgehead atoms. The van der Waals surface area contributed by atoms with E-state index in [-0.39, 0.29) is 19.6 Å². The molecule has 0 saturated carbocycles. The fourth-order valence-electron chi connectivity index (χ4n) is 2.42. The second kappa shape index (κ2) is 10.8. The molecule has 30 heavy (non-hydrogen) atoms. The third-order valence-corrected chi connectivity index (χ3v) is 3.69. The molecule has 0 aliphatic rings. The van der Waals surface area contributed by atoms with Crippen LogP contribution in [0.4, 0.5) is 4.79 Å². The number of benzene rings is 2. The van der Waals surface area contributed by atoms with E-state index in [2.05, 4.69) is 16.2 Å². The fraction of sp³-hybridized carbons (Fsp3) is 0.318. The van der Waals surface area contributed by atoms with Crippen molar-refractivity contribution in [2.45, 2.75) is 32.8 Å². The van der Waals surface area contributed by atoms with Gasteiger partial charge in [-0.2, -0.15) is 0 Å². The lowest BCUT2D eigenvalue weighted by Gasteiger charge is -2.19. The van der Waals surface area contributed by atoms with Crippen molar-refractivity contribution in [3.05, 3.63) is 54.6 Å². The molecule has 0 aromatic heterocycles. The van der Waals surface area contributed by atoms with Crippen LogP contribution in [-0.4, -0.2) is 36.7 Å². The molecular formula is C22H27N3O5. The van der Waals surface area contributed by atoms with Crippen molar-refractivity contribution < 1.29 is 23.9 Å². The van der Waals surface area contributed by atoms with Crippen LogP contribution in [0.1, 0.15) is 27.2 Å². The van der Waals surface area contributed by atoms with Gasteiger partial charge in [0.1, 0.15) is 11.4 Å². The summed E-state index contributed by atoms with van der Waals surface area (Å²) in [5.74, 6) is -0.401. The number of alkyl carbamates (subject to hydrolysis) is 1. The summed E-state index contributed by atoms with van der Waals surface area (Å²) in [7, 11) is 0. The van der Waals surface area contributed by atoms with Gasteiger partial charge >= 0.3 is 6.09 Å². The SMILES string of the molecule is CC(C)(C)OC(=O)NCCC(=O)NNC(=O)COc1ccccc1-c1ccccc1. The summed E-state index contributed by atoms with van der Waals surface area (Å²) >= 11 is 0. The largest absolute Gasteiger partial charge is 0.483 e. The molecule has 0 unspecified atom stereocenters. The molecule has 0 aliphatic heterocycles. The summed E-state index contributed by atoms with van der Waals surface area (Å²) in [6, 6.07) is 17.1. The van der Waals surface area contributed by atoms with Crippen LogP contribution in [-0.2, 0) is 14.3 Å². The monoisotopic (exact) mass is 413 g/mol. The molecule has 2 rings (SSSR count). The smallest absolute Gasteiger partial charge is 0.407 e. The average molecular weight is 413 g/mol. The van der Waals surface area contributed by atoms with E-state index in [0.29, 0.717) is 5.75 Å². The van der Waals surface area contributed by atoms with Crippen LogP contribution in [0.3, 0.4) is 0 Å². The Morgan fingerprint density at radius 1 is 0.867 bits per heavy atom. The maximum Gasteiger partial charge on any atom is 0.407 e. The highest BCUT2D eigenvalue weighted by atomic mass is 16.6. The summed E-state index contributed by atoms with van der Waals surface area (Å²) in [5.41, 5.74) is 5.78. The summed E-state index contributed by atoms with van der Waals surface area (Å²) in [6.07, 6.45) is -0.623. The van der Waals surface area contributed by atoms with Crippen molar-refractivity contribution in [1.29, 1.82) is 0 Å². The van der Waals surface area contributed by atoms with Gasteiger partial charge in [0.2, 0.25) is 5.91 Å². The topological polar surface area (TPSA) is 106 Å². The Morgan fingerprint density at radius 2 is 1.50 bits per heavy atom. The number of rotatable bonds is 7. The van der Waals surface area contributed by atoms with Gasteiger partial charge in [-0.1, -0.05) is 48.5 Å². The predicted molar refractivity (Wildman–Crippen MR) is 113 cm³/mol. The maximum absolute atomic E-state index is 12.0. The molecule has 160 valence electrons. The van der Waals surface area contributed by atoms with Crippen LogP contribution in [0.2, 0.25) is 0 Å². The molecular weight excluding hydrogens is 386 g/mol. The maximum atomic E-state index is 12.0. The average Bonchev–Trinajstić information content (AvgIpc) is 2.70. The van der Waals surface area contributed by atoms with Crippen molar-refractivity contribution in [1.82, 2.24) is 16.2 Å². The molecule has 3 amide bonds. The van der Waals surface area contributed by atoms with Gasteiger partial charge < -0.3 is 14.8 Å². The highest BCUT2D eigenvalue weighted by molar-refractivity contribution is 5.83. The van der Waals surface area contributed by atoms with Gasteiger partial charge in [-0.3, -0.25) is 20.4 Å². The number of carbonyl (C=O) groups excluding carboxylic acids is 3. The molecule has 8 nitrogen and oxygen atoms in total. The van der Waals surface area contributed by atoms with Crippen molar-refractivity contribution in [2.24, 2.45) is 0 Å². The van der Waals surface area contributed by atoms with Gasteiger partial charge in [0, 0.05) is 18.5 Å². The Kier molecular flexibility index (Phi) is 8.22. The number of carbonyl (C=O) groups is 3. The first-order valence-corrected chi connectivity index (χ1v) is 9.56.